The van der Waals surface area contributed by atoms with Crippen LogP contribution in [-0.2, 0) is 17.8 Å². The molecule has 1 aromatic rings. The van der Waals surface area contributed by atoms with E-state index in [2.05, 4.69) is 11.1 Å². The number of nitrogens with zero attached hydrogens (tertiary/aromatic N) is 1. The maximum atomic E-state index is 5.30. The Balaban J connectivity index is 2.43. The molecule has 0 aromatic carbocycles. The summed E-state index contributed by atoms with van der Waals surface area (Å²) in [6.07, 6.45) is 2.96. The van der Waals surface area contributed by atoms with Crippen molar-refractivity contribution in [1.29, 1.82) is 0 Å². The van der Waals surface area contributed by atoms with Crippen molar-refractivity contribution in [3.8, 4) is 0 Å². The van der Waals surface area contributed by atoms with E-state index in [0.29, 0.717) is 0 Å². The number of hydrogen-bond acceptors (Lipinski definition) is 2. The Morgan fingerprint density at radius 1 is 1.45 bits per heavy atom. The Bertz CT molecular complexity index is 270. The van der Waals surface area contributed by atoms with Crippen molar-refractivity contribution in [2.24, 2.45) is 0 Å². The first-order valence-electron chi connectivity index (χ1n) is 3.88. The van der Waals surface area contributed by atoms with Crippen LogP contribution in [0.15, 0.2) is 12.3 Å². The number of pyridine rings is 1. The molecule has 2 heteroatoms. The molecule has 0 fully saturated rings. The van der Waals surface area contributed by atoms with Gasteiger partial charge in [0, 0.05) is 11.9 Å². The van der Waals surface area contributed by atoms with Gasteiger partial charge in [0.15, 0.2) is 0 Å². The van der Waals surface area contributed by atoms with Crippen LogP contribution in [0.3, 0.4) is 0 Å². The van der Waals surface area contributed by atoms with Crippen LogP contribution in [0.4, 0.5) is 0 Å². The van der Waals surface area contributed by atoms with E-state index in [4.69, 9.17) is 4.74 Å². The number of aromatic nitrogens is 1. The zero-order valence-corrected chi connectivity index (χ0v) is 6.63. The molecule has 58 valence electrons. The fourth-order valence-electron chi connectivity index (χ4n) is 1.37. The Morgan fingerprint density at radius 2 is 2.36 bits per heavy atom. The molecule has 2 rings (SSSR count). The molecule has 1 aliphatic rings. The molecule has 0 spiro atoms. The molecular formula is C9H11NO. The van der Waals surface area contributed by atoms with Gasteiger partial charge >= 0.3 is 0 Å². The molecule has 0 N–H and O–H groups in total. The van der Waals surface area contributed by atoms with Crippen LogP contribution < -0.4 is 0 Å². The van der Waals surface area contributed by atoms with Crippen molar-refractivity contribution in [2.45, 2.75) is 20.0 Å². The van der Waals surface area contributed by atoms with Gasteiger partial charge in [-0.25, -0.2) is 0 Å². The molecule has 0 saturated heterocycles. The van der Waals surface area contributed by atoms with Crippen molar-refractivity contribution < 1.29 is 4.74 Å². The first kappa shape index (κ1) is 6.80. The lowest BCUT2D eigenvalue weighted by Gasteiger charge is -2.15. The fraction of sp³-hybridized carbons (Fsp3) is 0.444. The standard InChI is InChI=1S/C9H11NO/c1-7-4-8-2-3-11-6-9(8)5-10-7/h4-5H,2-3,6H2,1H3. The van der Waals surface area contributed by atoms with Crippen molar-refractivity contribution in [1.82, 2.24) is 4.98 Å². The second-order valence-electron chi connectivity index (χ2n) is 2.90. The molecule has 0 radical (unpaired) electrons. The molecule has 1 aliphatic heterocycles. The van der Waals surface area contributed by atoms with Crippen molar-refractivity contribution in [3.63, 3.8) is 0 Å². The number of aryl methyl sites for hydroxylation is 1. The Morgan fingerprint density at radius 3 is 3.27 bits per heavy atom. The van der Waals surface area contributed by atoms with Crippen LogP contribution in [0.5, 0.6) is 0 Å². The Hall–Kier alpha value is -0.890. The summed E-state index contributed by atoms with van der Waals surface area (Å²) >= 11 is 0. The number of fused-ring (bicyclic) bond motifs is 1. The van der Waals surface area contributed by atoms with Crippen LogP contribution in [-0.4, -0.2) is 11.6 Å². The first-order chi connectivity index (χ1) is 5.36. The summed E-state index contributed by atoms with van der Waals surface area (Å²) in [5.74, 6) is 0. The molecule has 0 atom stereocenters. The zero-order chi connectivity index (χ0) is 7.68. The van der Waals surface area contributed by atoms with Gasteiger partial charge < -0.3 is 4.74 Å². The smallest absolute Gasteiger partial charge is 0.0734 e. The molecule has 2 heterocycles. The molecule has 0 unspecified atom stereocenters. The highest BCUT2D eigenvalue weighted by molar-refractivity contribution is 5.27. The fourth-order valence-corrected chi connectivity index (χ4v) is 1.37. The van der Waals surface area contributed by atoms with Gasteiger partial charge in [0.25, 0.3) is 0 Å². The monoisotopic (exact) mass is 149 g/mol. The van der Waals surface area contributed by atoms with Crippen molar-refractivity contribution in [2.75, 3.05) is 6.61 Å². The molecular weight excluding hydrogens is 138 g/mol. The van der Waals surface area contributed by atoms with Gasteiger partial charge in [0.05, 0.1) is 13.2 Å². The van der Waals surface area contributed by atoms with Crippen LogP contribution in [0.1, 0.15) is 16.8 Å². The number of ether oxygens (including phenoxy) is 1. The van der Waals surface area contributed by atoms with E-state index in [1.54, 1.807) is 0 Å². The van der Waals surface area contributed by atoms with Gasteiger partial charge in [-0.3, -0.25) is 4.98 Å². The quantitative estimate of drug-likeness (QED) is 0.557. The van der Waals surface area contributed by atoms with E-state index >= 15 is 0 Å². The predicted molar refractivity (Wildman–Crippen MR) is 42.3 cm³/mol. The molecule has 11 heavy (non-hydrogen) atoms. The van der Waals surface area contributed by atoms with Gasteiger partial charge in [0.2, 0.25) is 0 Å². The van der Waals surface area contributed by atoms with Gasteiger partial charge in [-0.1, -0.05) is 0 Å². The average molecular weight is 149 g/mol. The molecule has 0 bridgehead atoms. The van der Waals surface area contributed by atoms with Gasteiger partial charge in [0.1, 0.15) is 0 Å². The molecule has 0 aliphatic carbocycles. The highest BCUT2D eigenvalue weighted by Crippen LogP contribution is 2.15. The van der Waals surface area contributed by atoms with E-state index in [9.17, 15) is 0 Å². The Kier molecular flexibility index (Phi) is 1.62. The maximum Gasteiger partial charge on any atom is 0.0734 e. The summed E-state index contributed by atoms with van der Waals surface area (Å²) in [5, 5.41) is 0. The van der Waals surface area contributed by atoms with Gasteiger partial charge in [-0.15, -0.1) is 0 Å². The zero-order valence-electron chi connectivity index (χ0n) is 6.63. The number of rotatable bonds is 0. The summed E-state index contributed by atoms with van der Waals surface area (Å²) in [7, 11) is 0. The lowest BCUT2D eigenvalue weighted by atomic mass is 10.1. The normalized spacial score (nSPS) is 16.1. The second kappa shape index (κ2) is 2.62. The minimum Gasteiger partial charge on any atom is -0.376 e. The van der Waals surface area contributed by atoms with E-state index in [-0.39, 0.29) is 0 Å². The predicted octanol–water partition coefficient (Wildman–Crippen LogP) is 1.46. The lowest BCUT2D eigenvalue weighted by Crippen LogP contribution is -2.10. The Labute approximate surface area is 66.2 Å². The highest BCUT2D eigenvalue weighted by Gasteiger charge is 2.08. The maximum absolute atomic E-state index is 5.30. The highest BCUT2D eigenvalue weighted by atomic mass is 16.5. The van der Waals surface area contributed by atoms with Crippen LogP contribution in [0.25, 0.3) is 0 Å². The van der Waals surface area contributed by atoms with E-state index in [1.165, 1.54) is 11.1 Å². The first-order valence-corrected chi connectivity index (χ1v) is 3.88. The van der Waals surface area contributed by atoms with Gasteiger partial charge in [-0.05, 0) is 30.5 Å². The van der Waals surface area contributed by atoms with E-state index in [0.717, 1.165) is 25.3 Å². The topological polar surface area (TPSA) is 22.1 Å². The summed E-state index contributed by atoms with van der Waals surface area (Å²) in [6, 6.07) is 2.15. The van der Waals surface area contributed by atoms with Crippen molar-refractivity contribution in [3.05, 3.63) is 29.1 Å². The third-order valence-electron chi connectivity index (χ3n) is 1.99. The third-order valence-corrected chi connectivity index (χ3v) is 1.99. The van der Waals surface area contributed by atoms with Gasteiger partial charge in [-0.2, -0.15) is 0 Å². The summed E-state index contributed by atoms with van der Waals surface area (Å²) in [5.41, 5.74) is 3.76. The molecule has 0 saturated carbocycles. The van der Waals surface area contributed by atoms with E-state index < -0.39 is 0 Å². The average Bonchev–Trinajstić information content (AvgIpc) is 2.04. The number of hydrogen-bond donors (Lipinski definition) is 0. The van der Waals surface area contributed by atoms with E-state index in [1.807, 2.05) is 13.1 Å². The molecule has 1 aromatic heterocycles. The van der Waals surface area contributed by atoms with Crippen molar-refractivity contribution >= 4 is 0 Å². The third kappa shape index (κ3) is 1.26. The minimum atomic E-state index is 0.739. The lowest BCUT2D eigenvalue weighted by molar-refractivity contribution is 0.110. The molecule has 2 nitrogen and oxygen atoms in total. The van der Waals surface area contributed by atoms with Crippen LogP contribution in [0, 0.1) is 6.92 Å². The summed E-state index contributed by atoms with van der Waals surface area (Å²) < 4.78 is 5.30. The minimum absolute atomic E-state index is 0.739. The SMILES string of the molecule is Cc1cc2c(cn1)COCC2. The summed E-state index contributed by atoms with van der Waals surface area (Å²) in [6.45, 7) is 3.62. The second-order valence-corrected chi connectivity index (χ2v) is 2.90. The largest absolute Gasteiger partial charge is 0.376 e. The molecule has 0 amide bonds. The van der Waals surface area contributed by atoms with Crippen LogP contribution in [0.2, 0.25) is 0 Å². The summed E-state index contributed by atoms with van der Waals surface area (Å²) in [4.78, 5) is 4.21. The van der Waals surface area contributed by atoms with Crippen LogP contribution >= 0.6 is 0 Å².